The van der Waals surface area contributed by atoms with E-state index >= 15 is 0 Å². The molecule has 0 bridgehead atoms. The van der Waals surface area contributed by atoms with E-state index in [1.165, 1.54) is 0 Å². The van der Waals surface area contributed by atoms with Crippen molar-refractivity contribution < 1.29 is 28.7 Å². The summed E-state index contributed by atoms with van der Waals surface area (Å²) in [6, 6.07) is 20.2. The second-order valence-electron chi connectivity index (χ2n) is 19.3. The van der Waals surface area contributed by atoms with Gasteiger partial charge in [-0.05, 0) is 111 Å². The van der Waals surface area contributed by atoms with Crippen molar-refractivity contribution >= 4 is 58.8 Å². The molecule has 17 heteroatoms. The number of nitrogens with one attached hydrogen (secondary N) is 1. The van der Waals surface area contributed by atoms with E-state index in [1.807, 2.05) is 60.8 Å². The Bertz CT molecular complexity index is 2580. The highest BCUT2D eigenvalue weighted by atomic mass is 35.5. The van der Waals surface area contributed by atoms with Crippen LogP contribution in [0.1, 0.15) is 95.5 Å². The molecule has 5 aliphatic heterocycles. The largest absolute Gasteiger partial charge is 0.489 e. The Morgan fingerprint density at radius 2 is 1.61 bits per heavy atom. The molecule has 362 valence electrons. The first-order valence-corrected chi connectivity index (χ1v) is 25.1. The van der Waals surface area contributed by atoms with E-state index in [9.17, 15) is 24.4 Å². The SMILES string of the molecule is CC(C)(c1ccc(OCc2ccnc(N3CCN(C4CCN(CC5CCN(c6cccc7c6C(=O)N(C6CCC(C=O)NC6=O)C7=O)CC5)CC4)CC3)n2)cc1)c1cc(Cl)c(OCCCl)c(C#N)c1. The smallest absolute Gasteiger partial charge is 0.264 e. The molecule has 2 unspecified atom stereocenters. The van der Waals surface area contributed by atoms with Crippen molar-refractivity contribution in [3.05, 3.63) is 105 Å². The molecule has 15 nitrogen and oxygen atoms in total. The van der Waals surface area contributed by atoms with Gasteiger partial charge in [0.1, 0.15) is 37.4 Å². The number of anilines is 2. The Kier molecular flexibility index (Phi) is 14.7. The number of benzene rings is 3. The molecule has 69 heavy (non-hydrogen) atoms. The Morgan fingerprint density at radius 1 is 0.855 bits per heavy atom. The lowest BCUT2D eigenvalue weighted by Crippen LogP contribution is -2.56. The topological polar surface area (TPSA) is 165 Å². The van der Waals surface area contributed by atoms with Crippen LogP contribution in [0.4, 0.5) is 11.6 Å². The third-order valence-corrected chi connectivity index (χ3v) is 15.2. The van der Waals surface area contributed by atoms with Crippen LogP contribution in [-0.4, -0.2) is 138 Å². The van der Waals surface area contributed by atoms with Crippen molar-refractivity contribution in [2.75, 3.05) is 81.2 Å². The molecular formula is C52H59Cl2N9O6. The highest BCUT2D eigenvalue weighted by Gasteiger charge is 2.46. The normalized spacial score (nSPS) is 21.0. The molecule has 3 aromatic carbocycles. The van der Waals surface area contributed by atoms with E-state index in [2.05, 4.69) is 49.8 Å². The Morgan fingerprint density at radius 3 is 2.30 bits per heavy atom. The summed E-state index contributed by atoms with van der Waals surface area (Å²) in [7, 11) is 0. The number of piperazine rings is 1. The second kappa shape index (κ2) is 21.1. The lowest BCUT2D eigenvalue weighted by molar-refractivity contribution is -0.129. The van der Waals surface area contributed by atoms with E-state index in [1.54, 1.807) is 6.07 Å². The van der Waals surface area contributed by atoms with Crippen molar-refractivity contribution in [2.24, 2.45) is 5.92 Å². The highest BCUT2D eigenvalue weighted by molar-refractivity contribution is 6.32. The molecule has 0 saturated carbocycles. The van der Waals surface area contributed by atoms with Gasteiger partial charge in [-0.1, -0.05) is 43.6 Å². The van der Waals surface area contributed by atoms with Crippen LogP contribution in [0.5, 0.6) is 11.5 Å². The van der Waals surface area contributed by atoms with Gasteiger partial charge in [-0.25, -0.2) is 9.97 Å². The second-order valence-corrected chi connectivity index (χ2v) is 20.1. The number of likely N-dealkylation sites (tertiary alicyclic amines) is 1. The van der Waals surface area contributed by atoms with Crippen LogP contribution in [0.25, 0.3) is 0 Å². The van der Waals surface area contributed by atoms with E-state index < -0.39 is 35.2 Å². The predicted octanol–water partition coefficient (Wildman–Crippen LogP) is 6.47. The minimum absolute atomic E-state index is 0.263. The van der Waals surface area contributed by atoms with Gasteiger partial charge in [0.15, 0.2) is 5.75 Å². The molecule has 5 aliphatic rings. The van der Waals surface area contributed by atoms with Gasteiger partial charge in [-0.3, -0.25) is 24.2 Å². The summed E-state index contributed by atoms with van der Waals surface area (Å²) in [5.41, 5.74) is 4.17. The summed E-state index contributed by atoms with van der Waals surface area (Å²) in [5, 5.41) is 12.8. The standard InChI is InChI=1S/C52H59Cl2N9O6/c1-52(2,37-28-35(30-55)47(43(54)29-37)68-27-17-53)36-6-9-41(10-7-36)69-33-39-12-18-56-51(58-39)62-25-23-60(24-26-62)40-15-19-59(20-16-40)31-34-13-21-61(22-14-34)44-5-3-4-42-46(44)50(67)63(49(42)66)45-11-8-38(32-64)57-48(45)65/h3-7,9-10,12,18,28-29,32,34,38,40,45H,8,11,13-17,19-27,31,33H2,1-2H3,(H,57,65). The molecule has 0 aliphatic carbocycles. The van der Waals surface area contributed by atoms with Crippen LogP contribution in [0.3, 0.4) is 0 Å². The fourth-order valence-corrected chi connectivity index (χ4v) is 11.1. The first-order chi connectivity index (χ1) is 33.4. The summed E-state index contributed by atoms with van der Waals surface area (Å²) < 4.78 is 11.8. The van der Waals surface area contributed by atoms with Crippen LogP contribution < -0.4 is 24.6 Å². The third-order valence-electron chi connectivity index (χ3n) is 14.8. The fraction of sp³-hybridized carbons (Fsp3) is 0.481. The number of imide groups is 1. The number of nitrogens with zero attached hydrogens (tertiary/aromatic N) is 8. The minimum atomic E-state index is -0.910. The number of halogens is 2. The zero-order chi connectivity index (χ0) is 48.2. The predicted molar refractivity (Wildman–Crippen MR) is 263 cm³/mol. The van der Waals surface area contributed by atoms with Crippen molar-refractivity contribution in [3.8, 4) is 17.6 Å². The van der Waals surface area contributed by atoms with Crippen molar-refractivity contribution in [3.63, 3.8) is 0 Å². The van der Waals surface area contributed by atoms with E-state index in [0.29, 0.717) is 64.6 Å². The number of fused-ring (bicyclic) bond motifs is 1. The van der Waals surface area contributed by atoms with Crippen LogP contribution in [0.15, 0.2) is 66.9 Å². The average Bonchev–Trinajstić information content (AvgIpc) is 3.63. The van der Waals surface area contributed by atoms with Gasteiger partial charge in [0.25, 0.3) is 11.8 Å². The molecule has 3 amide bonds. The number of rotatable bonds is 15. The number of amides is 3. The highest BCUT2D eigenvalue weighted by Crippen LogP contribution is 2.40. The molecular weight excluding hydrogens is 918 g/mol. The maximum Gasteiger partial charge on any atom is 0.264 e. The molecule has 1 N–H and O–H groups in total. The zero-order valence-corrected chi connectivity index (χ0v) is 40.8. The van der Waals surface area contributed by atoms with Gasteiger partial charge < -0.3 is 34.3 Å². The minimum Gasteiger partial charge on any atom is -0.489 e. The number of hydrogen-bond donors (Lipinski definition) is 1. The Hall–Kier alpha value is -5.79. The fourth-order valence-electron chi connectivity index (χ4n) is 10.7. The molecule has 4 aromatic rings. The Labute approximate surface area is 413 Å². The van der Waals surface area contributed by atoms with Gasteiger partial charge in [-0.15, -0.1) is 11.6 Å². The van der Waals surface area contributed by atoms with Crippen molar-refractivity contribution in [2.45, 2.75) is 82.5 Å². The summed E-state index contributed by atoms with van der Waals surface area (Å²) in [6.07, 6.45) is 7.46. The van der Waals surface area contributed by atoms with Crippen LogP contribution >= 0.6 is 23.2 Å². The number of aromatic nitrogens is 2. The van der Waals surface area contributed by atoms with Crippen molar-refractivity contribution in [1.29, 1.82) is 5.26 Å². The average molecular weight is 977 g/mol. The lowest BCUT2D eigenvalue weighted by Gasteiger charge is -2.44. The zero-order valence-electron chi connectivity index (χ0n) is 39.2. The van der Waals surface area contributed by atoms with Crippen molar-refractivity contribution in [1.82, 2.24) is 30.0 Å². The summed E-state index contributed by atoms with van der Waals surface area (Å²) in [6.45, 7) is 13.2. The van der Waals surface area contributed by atoms with E-state index in [0.717, 1.165) is 124 Å². The number of hydrogen-bond acceptors (Lipinski definition) is 13. The molecule has 0 radical (unpaired) electrons. The number of aldehydes is 1. The van der Waals surface area contributed by atoms with Gasteiger partial charge in [-0.2, -0.15) is 5.26 Å². The first kappa shape index (κ1) is 48.2. The quantitative estimate of drug-likeness (QED) is 0.0784. The van der Waals surface area contributed by atoms with Crippen LogP contribution in [0.2, 0.25) is 5.02 Å². The molecule has 9 rings (SSSR count). The maximum atomic E-state index is 13.8. The van der Waals surface area contributed by atoms with Gasteiger partial charge >= 0.3 is 0 Å². The molecule has 0 spiro atoms. The number of ether oxygens (including phenoxy) is 2. The number of alkyl halides is 1. The molecule has 4 fully saturated rings. The van der Waals surface area contributed by atoms with E-state index in [4.69, 9.17) is 37.7 Å². The summed E-state index contributed by atoms with van der Waals surface area (Å²) in [4.78, 5) is 71.7. The monoisotopic (exact) mass is 975 g/mol. The Balaban J connectivity index is 0.707. The number of carbonyl (C=O) groups excluding carboxylic acids is 4. The molecule has 6 heterocycles. The van der Waals surface area contributed by atoms with Gasteiger partial charge in [0.05, 0.1) is 45.0 Å². The molecule has 4 saturated heterocycles. The number of carbonyl (C=O) groups is 4. The van der Waals surface area contributed by atoms with Gasteiger partial charge in [0, 0.05) is 63.5 Å². The molecule has 2 atom stereocenters. The maximum absolute atomic E-state index is 13.8. The number of nitriles is 1. The van der Waals surface area contributed by atoms with Gasteiger partial charge in [0.2, 0.25) is 11.9 Å². The molecule has 1 aromatic heterocycles. The number of piperidine rings is 3. The first-order valence-electron chi connectivity index (χ1n) is 24.2. The third kappa shape index (κ3) is 10.3. The summed E-state index contributed by atoms with van der Waals surface area (Å²) >= 11 is 12.4. The van der Waals surface area contributed by atoms with Crippen LogP contribution in [0, 0.1) is 17.2 Å². The van der Waals surface area contributed by atoms with Crippen LogP contribution in [-0.2, 0) is 21.6 Å². The van der Waals surface area contributed by atoms with E-state index in [-0.39, 0.29) is 13.0 Å². The lowest BCUT2D eigenvalue weighted by atomic mass is 9.77. The summed E-state index contributed by atoms with van der Waals surface area (Å²) in [5.74, 6) is 1.33.